The standard InChI is InChI=1S/C29H29Cl2NO6/c1-2-37-22-10-3-17(4-11-22)13-20-14-19(7-12-23(20)31)29-28(36)27(35)26(34)25(38-29)16-32-15-24(33)18-5-8-21(30)9-6-18/h3-12,14,16,25-29,34-36H,2,13,15H2,1H3/t25-,26-,27+,28-,29+/m1/s1. The summed E-state index contributed by atoms with van der Waals surface area (Å²) in [5, 5.41) is 32.8. The smallest absolute Gasteiger partial charge is 0.184 e. The third kappa shape index (κ3) is 6.80. The number of ketones is 1. The molecule has 1 fully saturated rings. The number of rotatable bonds is 9. The summed E-state index contributed by atoms with van der Waals surface area (Å²) in [7, 11) is 0. The van der Waals surface area contributed by atoms with Gasteiger partial charge in [0.1, 0.15) is 42.8 Å². The van der Waals surface area contributed by atoms with Crippen LogP contribution in [0.2, 0.25) is 10.0 Å². The van der Waals surface area contributed by atoms with Gasteiger partial charge in [0.05, 0.1) is 6.61 Å². The number of aliphatic hydroxyl groups excluding tert-OH is 3. The predicted octanol–water partition coefficient (Wildman–Crippen LogP) is 4.46. The number of nitrogens with zero attached hydrogens (tertiary/aromatic N) is 1. The zero-order chi connectivity index (χ0) is 27.2. The van der Waals surface area contributed by atoms with Crippen molar-refractivity contribution < 1.29 is 29.6 Å². The number of carbonyl (C=O) groups excluding carboxylic acids is 1. The zero-order valence-electron chi connectivity index (χ0n) is 20.7. The van der Waals surface area contributed by atoms with Gasteiger partial charge in [-0.25, -0.2) is 0 Å². The molecule has 38 heavy (non-hydrogen) atoms. The molecular weight excluding hydrogens is 529 g/mol. The molecule has 3 aromatic carbocycles. The molecule has 1 saturated heterocycles. The molecule has 0 aromatic heterocycles. The van der Waals surface area contributed by atoms with E-state index in [0.717, 1.165) is 16.9 Å². The summed E-state index contributed by atoms with van der Waals surface area (Å²) in [5.41, 5.74) is 2.86. The fourth-order valence-corrected chi connectivity index (χ4v) is 4.58. The van der Waals surface area contributed by atoms with Crippen LogP contribution in [0.4, 0.5) is 0 Å². The second-order valence-electron chi connectivity index (χ2n) is 9.02. The van der Waals surface area contributed by atoms with Crippen molar-refractivity contribution in [1.82, 2.24) is 0 Å². The van der Waals surface area contributed by atoms with Crippen molar-refractivity contribution in [1.29, 1.82) is 0 Å². The molecule has 0 bridgehead atoms. The van der Waals surface area contributed by atoms with Crippen LogP contribution in [0.5, 0.6) is 5.75 Å². The van der Waals surface area contributed by atoms with Gasteiger partial charge in [0.25, 0.3) is 0 Å². The number of aliphatic hydroxyl groups is 3. The molecule has 7 nitrogen and oxygen atoms in total. The number of halogens is 2. The number of benzene rings is 3. The molecule has 0 unspecified atom stereocenters. The summed E-state index contributed by atoms with van der Waals surface area (Å²) in [6.07, 6.45) is -4.46. The molecular formula is C29H29Cl2NO6. The number of hydrogen-bond acceptors (Lipinski definition) is 7. The maximum atomic E-state index is 12.4. The lowest BCUT2D eigenvalue weighted by molar-refractivity contribution is -0.205. The minimum absolute atomic E-state index is 0.176. The van der Waals surface area contributed by atoms with Gasteiger partial charge in [-0.05, 0) is 72.5 Å². The fourth-order valence-electron chi connectivity index (χ4n) is 4.27. The van der Waals surface area contributed by atoms with E-state index in [4.69, 9.17) is 32.7 Å². The molecule has 3 N–H and O–H groups in total. The highest BCUT2D eigenvalue weighted by Gasteiger charge is 2.43. The van der Waals surface area contributed by atoms with Gasteiger partial charge in [-0.15, -0.1) is 0 Å². The van der Waals surface area contributed by atoms with E-state index in [0.29, 0.717) is 34.2 Å². The quantitative estimate of drug-likeness (QED) is 0.265. The number of ether oxygens (including phenoxy) is 2. The lowest BCUT2D eigenvalue weighted by atomic mass is 9.90. The summed E-state index contributed by atoms with van der Waals surface area (Å²) in [5.74, 6) is 0.543. The Balaban J connectivity index is 1.48. The van der Waals surface area contributed by atoms with E-state index in [-0.39, 0.29) is 12.3 Å². The molecule has 3 aromatic rings. The monoisotopic (exact) mass is 557 g/mol. The molecule has 1 aliphatic rings. The maximum Gasteiger partial charge on any atom is 0.184 e. The molecule has 1 heterocycles. The minimum Gasteiger partial charge on any atom is -0.494 e. The first kappa shape index (κ1) is 28.2. The number of aliphatic imine (C=N–C) groups is 1. The van der Waals surface area contributed by atoms with E-state index in [2.05, 4.69) is 4.99 Å². The Labute approximate surface area is 231 Å². The van der Waals surface area contributed by atoms with Gasteiger partial charge in [0, 0.05) is 21.8 Å². The summed E-state index contributed by atoms with van der Waals surface area (Å²) < 4.78 is 11.5. The van der Waals surface area contributed by atoms with Crippen LogP contribution in [-0.4, -0.2) is 64.9 Å². The van der Waals surface area contributed by atoms with Gasteiger partial charge in [-0.2, -0.15) is 0 Å². The molecule has 0 spiro atoms. The lowest BCUT2D eigenvalue weighted by Gasteiger charge is -2.39. The molecule has 9 heteroatoms. The summed E-state index contributed by atoms with van der Waals surface area (Å²) in [4.78, 5) is 16.5. The first-order chi connectivity index (χ1) is 18.3. The van der Waals surface area contributed by atoms with E-state index in [1.165, 1.54) is 6.21 Å². The van der Waals surface area contributed by atoms with Crippen molar-refractivity contribution in [3.8, 4) is 5.75 Å². The van der Waals surface area contributed by atoms with E-state index in [1.54, 1.807) is 36.4 Å². The largest absolute Gasteiger partial charge is 0.494 e. The van der Waals surface area contributed by atoms with Crippen LogP contribution in [0.3, 0.4) is 0 Å². The highest BCUT2D eigenvalue weighted by atomic mass is 35.5. The summed E-state index contributed by atoms with van der Waals surface area (Å²) in [6, 6.07) is 19.4. The highest BCUT2D eigenvalue weighted by molar-refractivity contribution is 6.31. The summed E-state index contributed by atoms with van der Waals surface area (Å²) >= 11 is 12.3. The third-order valence-electron chi connectivity index (χ3n) is 6.33. The van der Waals surface area contributed by atoms with Crippen molar-refractivity contribution in [2.75, 3.05) is 13.2 Å². The third-order valence-corrected chi connectivity index (χ3v) is 6.95. The van der Waals surface area contributed by atoms with Crippen LogP contribution >= 0.6 is 23.2 Å². The predicted molar refractivity (Wildman–Crippen MR) is 147 cm³/mol. The van der Waals surface area contributed by atoms with Crippen molar-refractivity contribution >= 4 is 35.2 Å². The summed E-state index contributed by atoms with van der Waals surface area (Å²) in [6.45, 7) is 2.33. The Hall–Kier alpha value is -2.78. The number of hydrogen-bond donors (Lipinski definition) is 3. The minimum atomic E-state index is -1.48. The molecule has 4 rings (SSSR count). The van der Waals surface area contributed by atoms with E-state index >= 15 is 0 Å². The second kappa shape index (κ2) is 12.8. The van der Waals surface area contributed by atoms with Crippen LogP contribution < -0.4 is 4.74 Å². The molecule has 5 atom stereocenters. The molecule has 0 aliphatic carbocycles. The highest BCUT2D eigenvalue weighted by Crippen LogP contribution is 2.34. The maximum absolute atomic E-state index is 12.4. The fraction of sp³-hybridized carbons (Fsp3) is 0.310. The van der Waals surface area contributed by atoms with Crippen LogP contribution in [0, 0.1) is 0 Å². The average molecular weight is 558 g/mol. The lowest BCUT2D eigenvalue weighted by Crippen LogP contribution is -2.54. The molecule has 0 radical (unpaired) electrons. The van der Waals surface area contributed by atoms with Gasteiger partial charge in [0.15, 0.2) is 5.78 Å². The topological polar surface area (TPSA) is 109 Å². The van der Waals surface area contributed by atoms with Gasteiger partial charge >= 0.3 is 0 Å². The second-order valence-corrected chi connectivity index (χ2v) is 9.86. The SMILES string of the molecule is CCOc1ccc(Cc2cc([C@@H]3O[C@H](C=NCC(=O)c4ccc(Cl)cc4)[C@@H](O)[C@H](O)[C@H]3O)ccc2Cl)cc1. The molecule has 0 saturated carbocycles. The normalized spacial score (nSPS) is 23.5. The van der Waals surface area contributed by atoms with Gasteiger partial charge < -0.3 is 24.8 Å². The average Bonchev–Trinajstić information content (AvgIpc) is 2.91. The van der Waals surface area contributed by atoms with Crippen LogP contribution in [0.25, 0.3) is 0 Å². The van der Waals surface area contributed by atoms with Crippen molar-refractivity contribution in [3.63, 3.8) is 0 Å². The van der Waals surface area contributed by atoms with Gasteiger partial charge in [-0.3, -0.25) is 9.79 Å². The number of carbonyl (C=O) groups is 1. The molecule has 0 amide bonds. The van der Waals surface area contributed by atoms with Crippen LogP contribution in [0.1, 0.15) is 40.1 Å². The van der Waals surface area contributed by atoms with Crippen molar-refractivity contribution in [3.05, 3.63) is 99.0 Å². The van der Waals surface area contributed by atoms with Gasteiger partial charge in [0.2, 0.25) is 0 Å². The van der Waals surface area contributed by atoms with Gasteiger partial charge in [-0.1, -0.05) is 47.5 Å². The Morgan fingerprint density at radius 2 is 1.68 bits per heavy atom. The van der Waals surface area contributed by atoms with E-state index < -0.39 is 30.5 Å². The first-order valence-electron chi connectivity index (χ1n) is 12.2. The van der Waals surface area contributed by atoms with Crippen LogP contribution in [-0.2, 0) is 11.2 Å². The van der Waals surface area contributed by atoms with Crippen molar-refractivity contribution in [2.45, 2.75) is 43.9 Å². The molecule has 1 aliphatic heterocycles. The van der Waals surface area contributed by atoms with Crippen molar-refractivity contribution in [2.24, 2.45) is 4.99 Å². The Morgan fingerprint density at radius 1 is 0.974 bits per heavy atom. The zero-order valence-corrected chi connectivity index (χ0v) is 22.2. The molecule has 200 valence electrons. The van der Waals surface area contributed by atoms with Crippen LogP contribution in [0.15, 0.2) is 71.7 Å². The van der Waals surface area contributed by atoms with E-state index in [1.807, 2.05) is 37.3 Å². The Kier molecular flexibility index (Phi) is 9.54. The van der Waals surface area contributed by atoms with E-state index in [9.17, 15) is 20.1 Å². The Bertz CT molecular complexity index is 1270. The first-order valence-corrected chi connectivity index (χ1v) is 13.0. The number of Topliss-reactive ketones (excluding diaryl/α,β-unsaturated/α-hetero) is 1. The Morgan fingerprint density at radius 3 is 2.37 bits per heavy atom.